The highest BCUT2D eigenvalue weighted by atomic mass is 16.4. The standard InChI is InChI=1S/C18H21N5O4/c24-16(15-11-20-18(26)27-15)19-6-3-12-4-8-22(9-5-12)17(25)13-10-21-23-7-1-2-14(13)23/h3,10-11H,1-2,4-9H2,(H,19,24)(H,20,26). The van der Waals surface area contributed by atoms with E-state index in [1.54, 1.807) is 6.20 Å². The van der Waals surface area contributed by atoms with Crippen LogP contribution >= 0.6 is 0 Å². The number of fused-ring (bicyclic) bond motifs is 1. The van der Waals surface area contributed by atoms with Crippen molar-refractivity contribution in [2.75, 3.05) is 19.6 Å². The third-order valence-corrected chi connectivity index (χ3v) is 5.06. The predicted octanol–water partition coefficient (Wildman–Crippen LogP) is 0.703. The molecule has 2 aromatic heterocycles. The summed E-state index contributed by atoms with van der Waals surface area (Å²) in [5, 5.41) is 6.98. The Hall–Kier alpha value is -3.10. The SMILES string of the molecule is O=C(NCC=C1CCN(C(=O)c2cnn3c2CCC3)CC1)c1c[nH]c(=O)o1. The van der Waals surface area contributed by atoms with Gasteiger partial charge in [0.15, 0.2) is 0 Å². The molecule has 0 bridgehead atoms. The maximum atomic E-state index is 12.7. The van der Waals surface area contributed by atoms with E-state index in [-0.39, 0.29) is 11.7 Å². The fraction of sp³-hybridized carbons (Fsp3) is 0.444. The lowest BCUT2D eigenvalue weighted by Crippen LogP contribution is -2.36. The molecule has 0 radical (unpaired) electrons. The van der Waals surface area contributed by atoms with E-state index in [0.29, 0.717) is 19.6 Å². The summed E-state index contributed by atoms with van der Waals surface area (Å²) in [5.41, 5.74) is 3.00. The first-order valence-corrected chi connectivity index (χ1v) is 9.10. The lowest BCUT2D eigenvalue weighted by Gasteiger charge is -2.28. The summed E-state index contributed by atoms with van der Waals surface area (Å²) in [6.07, 6.45) is 8.42. The van der Waals surface area contributed by atoms with E-state index in [2.05, 4.69) is 15.4 Å². The Bertz CT molecular complexity index is 941. The number of hydrogen-bond acceptors (Lipinski definition) is 5. The Kier molecular flexibility index (Phi) is 4.66. The molecule has 0 unspecified atom stereocenters. The van der Waals surface area contributed by atoms with Crippen LogP contribution in [-0.4, -0.2) is 51.1 Å². The van der Waals surface area contributed by atoms with Crippen LogP contribution in [0.25, 0.3) is 0 Å². The topological polar surface area (TPSA) is 113 Å². The number of aryl methyl sites for hydroxylation is 1. The lowest BCUT2D eigenvalue weighted by molar-refractivity contribution is 0.0742. The van der Waals surface area contributed by atoms with Gasteiger partial charge in [-0.3, -0.25) is 19.3 Å². The van der Waals surface area contributed by atoms with Crippen LogP contribution in [0.2, 0.25) is 0 Å². The average Bonchev–Trinajstić information content (AvgIpc) is 3.38. The molecular weight excluding hydrogens is 350 g/mol. The van der Waals surface area contributed by atoms with Crippen LogP contribution in [0.3, 0.4) is 0 Å². The fourth-order valence-electron chi connectivity index (χ4n) is 3.58. The van der Waals surface area contributed by atoms with E-state index in [0.717, 1.165) is 43.5 Å². The summed E-state index contributed by atoms with van der Waals surface area (Å²) < 4.78 is 6.63. The molecule has 0 saturated carbocycles. The van der Waals surface area contributed by atoms with Crippen LogP contribution in [0.4, 0.5) is 0 Å². The number of aromatic nitrogens is 3. The zero-order valence-corrected chi connectivity index (χ0v) is 14.9. The molecule has 2 aromatic rings. The van der Waals surface area contributed by atoms with Crippen molar-refractivity contribution < 1.29 is 14.0 Å². The molecule has 0 spiro atoms. The molecule has 27 heavy (non-hydrogen) atoms. The van der Waals surface area contributed by atoms with Gasteiger partial charge in [-0.05, 0) is 25.7 Å². The van der Waals surface area contributed by atoms with Crippen LogP contribution in [0, 0.1) is 0 Å². The predicted molar refractivity (Wildman–Crippen MR) is 95.4 cm³/mol. The molecule has 1 saturated heterocycles. The molecule has 1 fully saturated rings. The Morgan fingerprint density at radius 1 is 1.26 bits per heavy atom. The van der Waals surface area contributed by atoms with E-state index < -0.39 is 11.7 Å². The van der Waals surface area contributed by atoms with E-state index in [1.807, 2.05) is 15.7 Å². The minimum absolute atomic E-state index is 0.0347. The Labute approximate surface area is 155 Å². The first-order valence-electron chi connectivity index (χ1n) is 9.10. The average molecular weight is 371 g/mol. The number of aromatic amines is 1. The van der Waals surface area contributed by atoms with Crippen LogP contribution in [-0.2, 0) is 13.0 Å². The van der Waals surface area contributed by atoms with Gasteiger partial charge in [-0.15, -0.1) is 0 Å². The van der Waals surface area contributed by atoms with E-state index >= 15 is 0 Å². The van der Waals surface area contributed by atoms with Gasteiger partial charge in [-0.1, -0.05) is 11.6 Å². The maximum absolute atomic E-state index is 12.7. The molecule has 2 N–H and O–H groups in total. The monoisotopic (exact) mass is 371 g/mol. The number of nitrogens with zero attached hydrogens (tertiary/aromatic N) is 3. The number of amides is 2. The van der Waals surface area contributed by atoms with E-state index in [4.69, 9.17) is 4.42 Å². The normalized spacial score (nSPS) is 16.3. The van der Waals surface area contributed by atoms with Crippen molar-refractivity contribution in [3.63, 3.8) is 0 Å². The summed E-state index contributed by atoms with van der Waals surface area (Å²) in [6, 6.07) is 0. The summed E-state index contributed by atoms with van der Waals surface area (Å²) in [6.45, 7) is 2.58. The van der Waals surface area contributed by atoms with Gasteiger partial charge < -0.3 is 14.6 Å². The van der Waals surface area contributed by atoms with Crippen molar-refractivity contribution in [3.8, 4) is 0 Å². The number of hydrogen-bond donors (Lipinski definition) is 2. The van der Waals surface area contributed by atoms with Crippen molar-refractivity contribution >= 4 is 11.8 Å². The van der Waals surface area contributed by atoms with E-state index in [9.17, 15) is 14.4 Å². The summed E-state index contributed by atoms with van der Waals surface area (Å²) >= 11 is 0. The summed E-state index contributed by atoms with van der Waals surface area (Å²) in [5.74, 6) is -1.06. The molecule has 4 heterocycles. The summed E-state index contributed by atoms with van der Waals surface area (Å²) in [7, 11) is 0. The van der Waals surface area contributed by atoms with Crippen LogP contribution in [0.5, 0.6) is 0 Å². The molecular formula is C18H21N5O4. The van der Waals surface area contributed by atoms with Gasteiger partial charge in [0.25, 0.3) is 11.8 Å². The molecule has 142 valence electrons. The first-order chi connectivity index (χ1) is 13.1. The molecule has 2 aliphatic heterocycles. The number of oxazole rings is 1. The Morgan fingerprint density at radius 2 is 2.07 bits per heavy atom. The first kappa shape index (κ1) is 17.3. The fourth-order valence-corrected chi connectivity index (χ4v) is 3.58. The largest absolute Gasteiger partial charge is 0.416 e. The van der Waals surface area contributed by atoms with Crippen LogP contribution < -0.4 is 11.1 Å². The molecule has 2 aliphatic rings. The third-order valence-electron chi connectivity index (χ3n) is 5.06. The number of H-pyrrole nitrogens is 1. The van der Waals surface area contributed by atoms with Crippen molar-refractivity contribution in [1.29, 1.82) is 0 Å². The number of carbonyl (C=O) groups excluding carboxylic acids is 2. The van der Waals surface area contributed by atoms with Gasteiger partial charge in [-0.2, -0.15) is 5.10 Å². The second-order valence-corrected chi connectivity index (χ2v) is 6.74. The van der Waals surface area contributed by atoms with Crippen LogP contribution in [0.1, 0.15) is 45.9 Å². The zero-order chi connectivity index (χ0) is 18.8. The van der Waals surface area contributed by atoms with Gasteiger partial charge in [0.05, 0.1) is 23.7 Å². The minimum atomic E-state index is -0.653. The van der Waals surface area contributed by atoms with Gasteiger partial charge >= 0.3 is 5.76 Å². The van der Waals surface area contributed by atoms with Crippen molar-refractivity contribution in [1.82, 2.24) is 25.0 Å². The van der Waals surface area contributed by atoms with Gasteiger partial charge in [0.2, 0.25) is 5.76 Å². The molecule has 0 aromatic carbocycles. The number of likely N-dealkylation sites (tertiary alicyclic amines) is 1. The molecule has 0 aliphatic carbocycles. The summed E-state index contributed by atoms with van der Waals surface area (Å²) in [4.78, 5) is 39.6. The number of piperidine rings is 1. The van der Waals surface area contributed by atoms with Gasteiger partial charge in [0, 0.05) is 26.2 Å². The van der Waals surface area contributed by atoms with Crippen LogP contribution in [0.15, 0.2) is 33.3 Å². The molecule has 4 rings (SSSR count). The maximum Gasteiger partial charge on any atom is 0.416 e. The highest BCUT2D eigenvalue weighted by Gasteiger charge is 2.26. The second-order valence-electron chi connectivity index (χ2n) is 6.74. The second kappa shape index (κ2) is 7.26. The number of rotatable bonds is 4. The van der Waals surface area contributed by atoms with Crippen molar-refractivity contribution in [2.24, 2.45) is 0 Å². The van der Waals surface area contributed by atoms with Gasteiger partial charge in [-0.25, -0.2) is 4.79 Å². The molecule has 0 atom stereocenters. The smallest absolute Gasteiger partial charge is 0.403 e. The lowest BCUT2D eigenvalue weighted by atomic mass is 10.0. The zero-order valence-electron chi connectivity index (χ0n) is 14.9. The quantitative estimate of drug-likeness (QED) is 0.768. The Balaban J connectivity index is 1.28. The van der Waals surface area contributed by atoms with Crippen molar-refractivity contribution in [2.45, 2.75) is 32.2 Å². The highest BCUT2D eigenvalue weighted by Crippen LogP contribution is 2.22. The molecule has 2 amide bonds. The number of carbonyl (C=O) groups is 2. The molecule has 9 nitrogen and oxygen atoms in total. The third kappa shape index (κ3) is 3.57. The minimum Gasteiger partial charge on any atom is -0.403 e. The van der Waals surface area contributed by atoms with Crippen molar-refractivity contribution in [3.05, 3.63) is 51.6 Å². The molecule has 9 heteroatoms. The highest BCUT2D eigenvalue weighted by molar-refractivity contribution is 5.95. The Morgan fingerprint density at radius 3 is 2.81 bits per heavy atom. The van der Waals surface area contributed by atoms with Gasteiger partial charge in [0.1, 0.15) is 0 Å². The number of nitrogens with one attached hydrogen (secondary N) is 2. The van der Waals surface area contributed by atoms with E-state index in [1.165, 1.54) is 11.8 Å².